The van der Waals surface area contributed by atoms with Crippen LogP contribution >= 0.6 is 0 Å². The number of anilines is 2. The van der Waals surface area contributed by atoms with Gasteiger partial charge in [0.2, 0.25) is 0 Å². The van der Waals surface area contributed by atoms with Gasteiger partial charge in [0, 0.05) is 37.6 Å². The van der Waals surface area contributed by atoms with E-state index in [-0.39, 0.29) is 0 Å². The van der Waals surface area contributed by atoms with Crippen molar-refractivity contribution >= 4 is 23.4 Å². The van der Waals surface area contributed by atoms with E-state index >= 15 is 0 Å². The van der Waals surface area contributed by atoms with E-state index in [4.69, 9.17) is 5.11 Å². The highest BCUT2D eigenvalue weighted by molar-refractivity contribution is 5.92. The van der Waals surface area contributed by atoms with Crippen LogP contribution in [0.15, 0.2) is 24.3 Å². The molecule has 3 N–H and O–H groups in total. The molecule has 7 nitrogen and oxygen atoms in total. The number of rotatable bonds is 4. The van der Waals surface area contributed by atoms with Crippen molar-refractivity contribution in [1.29, 1.82) is 0 Å². The summed E-state index contributed by atoms with van der Waals surface area (Å²) in [5, 5.41) is 13.7. The van der Waals surface area contributed by atoms with Crippen molar-refractivity contribution in [1.82, 2.24) is 10.2 Å². The third kappa shape index (κ3) is 4.36. The van der Waals surface area contributed by atoms with Gasteiger partial charge in [0.25, 0.3) is 0 Å². The van der Waals surface area contributed by atoms with E-state index in [1.54, 1.807) is 0 Å². The molecular formula is C15H22N4O3. The van der Waals surface area contributed by atoms with E-state index in [0.29, 0.717) is 5.69 Å². The summed E-state index contributed by atoms with van der Waals surface area (Å²) in [6.45, 7) is 5.46. The molecule has 120 valence electrons. The first-order chi connectivity index (χ1) is 10.5. The fourth-order valence-electron chi connectivity index (χ4n) is 2.25. The second-order valence-electron chi connectivity index (χ2n) is 5.50. The molecule has 1 unspecified atom stereocenters. The van der Waals surface area contributed by atoms with Crippen molar-refractivity contribution in [2.45, 2.75) is 13.0 Å². The highest BCUT2D eigenvalue weighted by atomic mass is 16.4. The van der Waals surface area contributed by atoms with Crippen molar-refractivity contribution < 1.29 is 14.7 Å². The number of carboxylic acids is 1. The third-order valence-electron chi connectivity index (χ3n) is 3.71. The molecule has 1 saturated heterocycles. The van der Waals surface area contributed by atoms with Gasteiger partial charge in [0.05, 0.1) is 0 Å². The number of amides is 2. The summed E-state index contributed by atoms with van der Waals surface area (Å²) in [5.74, 6) is -1.07. The van der Waals surface area contributed by atoms with E-state index in [1.807, 2.05) is 24.3 Å². The Labute approximate surface area is 129 Å². The maximum Gasteiger partial charge on any atom is 0.325 e. The number of nitrogens with zero attached hydrogens (tertiary/aromatic N) is 2. The number of likely N-dealkylation sites (N-methyl/N-ethyl adjacent to an activating group) is 1. The number of nitrogens with one attached hydrogen (secondary N) is 2. The van der Waals surface area contributed by atoms with Gasteiger partial charge in [0.1, 0.15) is 6.04 Å². The highest BCUT2D eigenvalue weighted by Crippen LogP contribution is 2.19. The zero-order chi connectivity index (χ0) is 16.1. The molecule has 0 aromatic heterocycles. The molecular weight excluding hydrogens is 284 g/mol. The minimum absolute atomic E-state index is 0.526. The van der Waals surface area contributed by atoms with Crippen LogP contribution in [0, 0.1) is 0 Å². The SMILES string of the molecule is CC(NC(=O)Nc1ccc(N2CCN(C)CC2)cc1)C(=O)O. The highest BCUT2D eigenvalue weighted by Gasteiger charge is 2.15. The number of carboxylic acid groups (broad SMARTS) is 1. The van der Waals surface area contributed by atoms with Gasteiger partial charge >= 0.3 is 12.0 Å². The van der Waals surface area contributed by atoms with E-state index in [1.165, 1.54) is 6.92 Å². The molecule has 1 aromatic rings. The Balaban J connectivity index is 1.89. The van der Waals surface area contributed by atoms with Gasteiger partial charge in [-0.05, 0) is 38.2 Å². The first-order valence-electron chi connectivity index (χ1n) is 7.29. The van der Waals surface area contributed by atoms with E-state index in [0.717, 1.165) is 31.9 Å². The molecule has 0 spiro atoms. The minimum Gasteiger partial charge on any atom is -0.480 e. The molecule has 1 aromatic carbocycles. The predicted octanol–water partition coefficient (Wildman–Crippen LogP) is 1.03. The lowest BCUT2D eigenvalue weighted by molar-refractivity contribution is -0.138. The van der Waals surface area contributed by atoms with Crippen molar-refractivity contribution in [2.75, 3.05) is 43.4 Å². The monoisotopic (exact) mass is 306 g/mol. The Bertz CT molecular complexity index is 524. The summed E-state index contributed by atoms with van der Waals surface area (Å²) in [5.41, 5.74) is 1.76. The van der Waals surface area contributed by atoms with Crippen molar-refractivity contribution in [3.05, 3.63) is 24.3 Å². The predicted molar refractivity (Wildman–Crippen MR) is 85.4 cm³/mol. The summed E-state index contributed by atoms with van der Waals surface area (Å²) in [7, 11) is 2.11. The Kier molecular flexibility index (Phi) is 5.21. The second-order valence-corrected chi connectivity index (χ2v) is 5.50. The van der Waals surface area contributed by atoms with Gasteiger partial charge in [-0.25, -0.2) is 4.79 Å². The number of benzene rings is 1. The summed E-state index contributed by atoms with van der Waals surface area (Å²) in [6.07, 6.45) is 0. The first kappa shape index (κ1) is 16.1. The zero-order valence-electron chi connectivity index (χ0n) is 12.9. The van der Waals surface area contributed by atoms with Crippen LogP contribution in [-0.4, -0.2) is 61.3 Å². The lowest BCUT2D eigenvalue weighted by Crippen LogP contribution is -2.44. The van der Waals surface area contributed by atoms with Crippen molar-refractivity contribution in [2.24, 2.45) is 0 Å². The molecule has 2 amide bonds. The van der Waals surface area contributed by atoms with E-state index < -0.39 is 18.0 Å². The third-order valence-corrected chi connectivity index (χ3v) is 3.71. The fourth-order valence-corrected chi connectivity index (χ4v) is 2.25. The van der Waals surface area contributed by atoms with Gasteiger partial charge in [0.15, 0.2) is 0 Å². The Morgan fingerprint density at radius 2 is 1.73 bits per heavy atom. The van der Waals surface area contributed by atoms with Gasteiger partial charge in [-0.15, -0.1) is 0 Å². The van der Waals surface area contributed by atoms with Crippen LogP contribution in [0.25, 0.3) is 0 Å². The lowest BCUT2D eigenvalue weighted by Gasteiger charge is -2.34. The Morgan fingerprint density at radius 3 is 2.27 bits per heavy atom. The lowest BCUT2D eigenvalue weighted by atomic mass is 10.2. The average Bonchev–Trinajstić information content (AvgIpc) is 2.48. The fraction of sp³-hybridized carbons (Fsp3) is 0.467. The van der Waals surface area contributed by atoms with Crippen molar-refractivity contribution in [3.8, 4) is 0 Å². The van der Waals surface area contributed by atoms with Crippen molar-refractivity contribution in [3.63, 3.8) is 0 Å². The summed E-state index contributed by atoms with van der Waals surface area (Å²) < 4.78 is 0. The smallest absolute Gasteiger partial charge is 0.325 e. The summed E-state index contributed by atoms with van der Waals surface area (Å²) in [6, 6.07) is 6.10. The number of piperazine rings is 1. The normalized spacial score (nSPS) is 16.9. The first-order valence-corrected chi connectivity index (χ1v) is 7.29. The molecule has 1 aliphatic rings. The summed E-state index contributed by atoms with van der Waals surface area (Å²) >= 11 is 0. The van der Waals surface area contributed by atoms with E-state index in [9.17, 15) is 9.59 Å². The maximum absolute atomic E-state index is 11.6. The van der Waals surface area contributed by atoms with Crippen LogP contribution in [0.3, 0.4) is 0 Å². The molecule has 0 aliphatic carbocycles. The van der Waals surface area contributed by atoms with Crippen LogP contribution in [0.2, 0.25) is 0 Å². The number of aliphatic carboxylic acids is 1. The van der Waals surface area contributed by atoms with E-state index in [2.05, 4.69) is 27.5 Å². The van der Waals surface area contributed by atoms with Crippen LogP contribution in [0.5, 0.6) is 0 Å². The van der Waals surface area contributed by atoms with Gasteiger partial charge in [-0.1, -0.05) is 0 Å². The van der Waals surface area contributed by atoms with Crippen LogP contribution in [-0.2, 0) is 4.79 Å². The number of carbonyl (C=O) groups excluding carboxylic acids is 1. The molecule has 0 radical (unpaired) electrons. The molecule has 1 fully saturated rings. The molecule has 1 heterocycles. The Morgan fingerprint density at radius 1 is 1.14 bits per heavy atom. The molecule has 1 aliphatic heterocycles. The van der Waals surface area contributed by atoms with Gasteiger partial charge in [-0.3, -0.25) is 4.79 Å². The largest absolute Gasteiger partial charge is 0.480 e. The number of carbonyl (C=O) groups is 2. The minimum atomic E-state index is -1.07. The maximum atomic E-state index is 11.6. The molecule has 1 atom stereocenters. The van der Waals surface area contributed by atoms with Crippen LogP contribution in [0.4, 0.5) is 16.2 Å². The molecule has 22 heavy (non-hydrogen) atoms. The standard InChI is InChI=1S/C15H22N4O3/c1-11(14(20)21)16-15(22)17-12-3-5-13(6-4-12)19-9-7-18(2)8-10-19/h3-6,11H,7-10H2,1-2H3,(H,20,21)(H2,16,17,22). The van der Waals surface area contributed by atoms with Gasteiger partial charge < -0.3 is 25.5 Å². The second kappa shape index (κ2) is 7.13. The number of urea groups is 1. The molecule has 2 rings (SSSR count). The molecule has 7 heteroatoms. The van der Waals surface area contributed by atoms with Crippen LogP contribution < -0.4 is 15.5 Å². The topological polar surface area (TPSA) is 84.9 Å². The number of hydrogen-bond donors (Lipinski definition) is 3. The zero-order valence-corrected chi connectivity index (χ0v) is 12.9. The average molecular weight is 306 g/mol. The molecule has 0 bridgehead atoms. The molecule has 0 saturated carbocycles. The van der Waals surface area contributed by atoms with Crippen LogP contribution in [0.1, 0.15) is 6.92 Å². The quantitative estimate of drug-likeness (QED) is 0.774. The van der Waals surface area contributed by atoms with Gasteiger partial charge in [-0.2, -0.15) is 0 Å². The summed E-state index contributed by atoms with van der Waals surface area (Å²) in [4.78, 5) is 26.9. The number of hydrogen-bond acceptors (Lipinski definition) is 4. The Hall–Kier alpha value is -2.28.